The molecule has 0 amide bonds. The van der Waals surface area contributed by atoms with E-state index in [9.17, 15) is 4.79 Å². The molecule has 0 aromatic carbocycles. The fourth-order valence-corrected chi connectivity index (χ4v) is 3.00. The van der Waals surface area contributed by atoms with Crippen LogP contribution in [0, 0.1) is 6.92 Å². The van der Waals surface area contributed by atoms with E-state index in [1.807, 2.05) is 23.8 Å². The maximum Gasteiger partial charge on any atom is 0.345 e. The molecule has 0 bridgehead atoms. The molecular weight excluding hydrogens is 216 g/mol. The lowest BCUT2D eigenvalue weighted by atomic mass is 10.2. The van der Waals surface area contributed by atoms with Gasteiger partial charge >= 0.3 is 5.97 Å². The smallest absolute Gasteiger partial charge is 0.345 e. The Morgan fingerprint density at radius 2 is 2.29 bits per heavy atom. The second-order valence-corrected chi connectivity index (χ2v) is 4.77. The average molecular weight is 224 g/mol. The third kappa shape index (κ3) is 1.58. The SMILES string of the molecule is Cc1cc(C(=O)O)sc1-c1ccsc1. The van der Waals surface area contributed by atoms with Crippen LogP contribution in [0.5, 0.6) is 0 Å². The summed E-state index contributed by atoms with van der Waals surface area (Å²) in [6.07, 6.45) is 0. The van der Waals surface area contributed by atoms with Gasteiger partial charge in [0.15, 0.2) is 0 Å². The molecule has 2 aromatic rings. The van der Waals surface area contributed by atoms with E-state index in [-0.39, 0.29) is 0 Å². The average Bonchev–Trinajstić information content (AvgIpc) is 2.71. The third-order valence-corrected chi connectivity index (χ3v) is 3.87. The van der Waals surface area contributed by atoms with E-state index in [2.05, 4.69) is 0 Å². The number of carbonyl (C=O) groups is 1. The molecule has 0 aliphatic rings. The lowest BCUT2D eigenvalue weighted by Crippen LogP contribution is -1.89. The number of carboxylic acid groups (broad SMARTS) is 1. The molecule has 4 heteroatoms. The van der Waals surface area contributed by atoms with Gasteiger partial charge in [0, 0.05) is 10.4 Å². The van der Waals surface area contributed by atoms with Gasteiger partial charge in [-0.15, -0.1) is 11.3 Å². The third-order valence-electron chi connectivity index (χ3n) is 1.91. The number of rotatable bonds is 2. The highest BCUT2D eigenvalue weighted by Crippen LogP contribution is 2.33. The molecule has 2 heterocycles. The molecule has 14 heavy (non-hydrogen) atoms. The highest BCUT2D eigenvalue weighted by molar-refractivity contribution is 7.18. The number of hydrogen-bond donors (Lipinski definition) is 1. The number of hydrogen-bond acceptors (Lipinski definition) is 3. The van der Waals surface area contributed by atoms with Gasteiger partial charge in [0.2, 0.25) is 0 Å². The van der Waals surface area contributed by atoms with Crippen molar-refractivity contribution in [1.29, 1.82) is 0 Å². The highest BCUT2D eigenvalue weighted by Gasteiger charge is 2.12. The van der Waals surface area contributed by atoms with Gasteiger partial charge in [-0.1, -0.05) is 0 Å². The second-order valence-electron chi connectivity index (χ2n) is 2.94. The fourth-order valence-electron chi connectivity index (χ4n) is 1.27. The monoisotopic (exact) mass is 224 g/mol. The first kappa shape index (κ1) is 9.43. The number of aromatic carboxylic acids is 1. The Morgan fingerprint density at radius 1 is 1.50 bits per heavy atom. The summed E-state index contributed by atoms with van der Waals surface area (Å²) in [6, 6.07) is 3.73. The number of thiophene rings is 2. The van der Waals surface area contributed by atoms with Crippen LogP contribution in [0.4, 0.5) is 0 Å². The molecule has 72 valence electrons. The van der Waals surface area contributed by atoms with Gasteiger partial charge in [0.25, 0.3) is 0 Å². The molecule has 0 fully saturated rings. The molecule has 0 spiro atoms. The zero-order chi connectivity index (χ0) is 10.1. The molecule has 0 saturated heterocycles. The summed E-state index contributed by atoms with van der Waals surface area (Å²) < 4.78 is 0. The molecule has 0 radical (unpaired) electrons. The molecule has 2 nitrogen and oxygen atoms in total. The van der Waals surface area contributed by atoms with Gasteiger partial charge in [0.05, 0.1) is 0 Å². The quantitative estimate of drug-likeness (QED) is 0.847. The molecule has 0 atom stereocenters. The van der Waals surface area contributed by atoms with E-state index >= 15 is 0 Å². The van der Waals surface area contributed by atoms with Crippen molar-refractivity contribution in [1.82, 2.24) is 0 Å². The summed E-state index contributed by atoms with van der Waals surface area (Å²) in [7, 11) is 0. The molecule has 0 aliphatic carbocycles. The van der Waals surface area contributed by atoms with E-state index in [1.165, 1.54) is 11.3 Å². The van der Waals surface area contributed by atoms with Crippen molar-refractivity contribution in [3.63, 3.8) is 0 Å². The predicted octanol–water partition coefficient (Wildman–Crippen LogP) is 3.48. The van der Waals surface area contributed by atoms with Crippen molar-refractivity contribution in [3.05, 3.63) is 33.3 Å². The zero-order valence-electron chi connectivity index (χ0n) is 7.48. The molecule has 0 saturated carbocycles. The maximum absolute atomic E-state index is 10.7. The summed E-state index contributed by atoms with van der Waals surface area (Å²) in [5.41, 5.74) is 2.15. The van der Waals surface area contributed by atoms with E-state index in [1.54, 1.807) is 17.4 Å². The second kappa shape index (κ2) is 3.55. The Hall–Kier alpha value is -1.13. The Labute approximate surface area is 89.5 Å². The number of carboxylic acids is 1. The van der Waals surface area contributed by atoms with Gasteiger partial charge in [-0.2, -0.15) is 11.3 Å². The van der Waals surface area contributed by atoms with Crippen LogP contribution in [0.25, 0.3) is 10.4 Å². The van der Waals surface area contributed by atoms with E-state index in [0.717, 1.165) is 16.0 Å². The highest BCUT2D eigenvalue weighted by atomic mass is 32.1. The van der Waals surface area contributed by atoms with Crippen LogP contribution >= 0.6 is 22.7 Å². The summed E-state index contributed by atoms with van der Waals surface area (Å²) in [6.45, 7) is 1.94. The Balaban J connectivity index is 2.50. The number of aryl methyl sites for hydroxylation is 1. The van der Waals surface area contributed by atoms with Crippen molar-refractivity contribution < 1.29 is 9.90 Å². The van der Waals surface area contributed by atoms with Crippen molar-refractivity contribution in [2.24, 2.45) is 0 Å². The Morgan fingerprint density at radius 3 is 2.79 bits per heavy atom. The van der Waals surface area contributed by atoms with Crippen molar-refractivity contribution in [3.8, 4) is 10.4 Å². The first-order valence-corrected chi connectivity index (χ1v) is 5.80. The minimum atomic E-state index is -0.848. The van der Waals surface area contributed by atoms with Crippen molar-refractivity contribution in [2.75, 3.05) is 0 Å². The van der Waals surface area contributed by atoms with Crippen LogP contribution in [0.15, 0.2) is 22.9 Å². The maximum atomic E-state index is 10.7. The van der Waals surface area contributed by atoms with Crippen molar-refractivity contribution >= 4 is 28.6 Å². The van der Waals surface area contributed by atoms with Crippen molar-refractivity contribution in [2.45, 2.75) is 6.92 Å². The summed E-state index contributed by atoms with van der Waals surface area (Å²) in [5.74, 6) is -0.848. The predicted molar refractivity (Wildman–Crippen MR) is 59.3 cm³/mol. The normalized spacial score (nSPS) is 10.4. The Bertz CT molecular complexity index is 454. The van der Waals surface area contributed by atoms with Crippen LogP contribution in [-0.4, -0.2) is 11.1 Å². The van der Waals surface area contributed by atoms with Crippen LogP contribution in [0.3, 0.4) is 0 Å². The summed E-state index contributed by atoms with van der Waals surface area (Å²) in [4.78, 5) is 12.2. The van der Waals surface area contributed by atoms with Crippen LogP contribution in [0.1, 0.15) is 15.2 Å². The van der Waals surface area contributed by atoms with Crippen LogP contribution < -0.4 is 0 Å². The Kier molecular flexibility index (Phi) is 2.39. The van der Waals surface area contributed by atoms with E-state index in [4.69, 9.17) is 5.11 Å². The topological polar surface area (TPSA) is 37.3 Å². The molecule has 0 aliphatic heterocycles. The largest absolute Gasteiger partial charge is 0.477 e. The summed E-state index contributed by atoms with van der Waals surface area (Å²) >= 11 is 2.95. The minimum Gasteiger partial charge on any atom is -0.477 e. The minimum absolute atomic E-state index is 0.406. The first-order valence-electron chi connectivity index (χ1n) is 4.05. The fraction of sp³-hybridized carbons (Fsp3) is 0.100. The molecular formula is C10H8O2S2. The lowest BCUT2D eigenvalue weighted by Gasteiger charge is -1.92. The van der Waals surface area contributed by atoms with E-state index in [0.29, 0.717) is 4.88 Å². The molecule has 1 N–H and O–H groups in total. The summed E-state index contributed by atoms with van der Waals surface area (Å²) in [5, 5.41) is 12.9. The lowest BCUT2D eigenvalue weighted by molar-refractivity contribution is 0.0702. The van der Waals surface area contributed by atoms with Gasteiger partial charge in [-0.3, -0.25) is 0 Å². The van der Waals surface area contributed by atoms with Gasteiger partial charge < -0.3 is 5.11 Å². The molecule has 0 unspecified atom stereocenters. The van der Waals surface area contributed by atoms with Crippen LogP contribution in [0.2, 0.25) is 0 Å². The van der Waals surface area contributed by atoms with Gasteiger partial charge in [0.1, 0.15) is 4.88 Å². The zero-order valence-corrected chi connectivity index (χ0v) is 9.11. The van der Waals surface area contributed by atoms with Gasteiger partial charge in [-0.25, -0.2) is 4.79 Å². The van der Waals surface area contributed by atoms with Crippen LogP contribution in [-0.2, 0) is 0 Å². The van der Waals surface area contributed by atoms with E-state index < -0.39 is 5.97 Å². The standard InChI is InChI=1S/C10H8O2S2/c1-6-4-8(10(11)12)14-9(6)7-2-3-13-5-7/h2-5H,1H3,(H,11,12). The van der Waals surface area contributed by atoms with Gasteiger partial charge in [-0.05, 0) is 35.4 Å². The first-order chi connectivity index (χ1) is 6.68. The molecule has 2 aromatic heterocycles. The molecule has 2 rings (SSSR count).